The topological polar surface area (TPSA) is 32.3 Å². The van der Waals surface area contributed by atoms with E-state index in [0.29, 0.717) is 5.92 Å². The predicted molar refractivity (Wildman–Crippen MR) is 73.4 cm³/mol. The monoisotopic (exact) mass is 253 g/mol. The number of aryl methyl sites for hydroxylation is 1. The van der Waals surface area contributed by atoms with Gasteiger partial charge in [-0.25, -0.2) is 0 Å². The molecule has 1 aliphatic carbocycles. The summed E-state index contributed by atoms with van der Waals surface area (Å²) in [6.45, 7) is 4.24. The van der Waals surface area contributed by atoms with Crippen LogP contribution in [-0.2, 0) is 13.0 Å². The van der Waals surface area contributed by atoms with Gasteiger partial charge in [-0.15, -0.1) is 11.3 Å². The lowest BCUT2D eigenvalue weighted by Gasteiger charge is -2.25. The highest BCUT2D eigenvalue weighted by Crippen LogP contribution is 2.23. The molecule has 0 amide bonds. The molecule has 1 aromatic rings. The Labute approximate surface area is 108 Å². The first-order valence-corrected chi connectivity index (χ1v) is 7.56. The zero-order valence-electron chi connectivity index (χ0n) is 10.6. The van der Waals surface area contributed by atoms with Gasteiger partial charge in [0, 0.05) is 16.3 Å². The van der Waals surface area contributed by atoms with Gasteiger partial charge in [0.1, 0.15) is 0 Å². The van der Waals surface area contributed by atoms with Crippen molar-refractivity contribution in [3.05, 3.63) is 21.9 Å². The molecular formula is C14H23NOS. The van der Waals surface area contributed by atoms with Gasteiger partial charge in [0.15, 0.2) is 0 Å². The molecule has 2 nitrogen and oxygen atoms in total. The molecule has 2 rings (SSSR count). The first kappa shape index (κ1) is 13.1. The third kappa shape index (κ3) is 4.09. The normalized spacial score (nSPS) is 25.1. The zero-order chi connectivity index (χ0) is 12.1. The molecule has 0 spiro atoms. The minimum atomic E-state index is -0.0519. The SMILES string of the molecule is CCc1ccc(CNCC2CCCC(O)C2)s1. The number of hydrogen-bond donors (Lipinski definition) is 2. The fourth-order valence-corrected chi connectivity index (χ4v) is 3.48. The summed E-state index contributed by atoms with van der Waals surface area (Å²) in [5.41, 5.74) is 0. The van der Waals surface area contributed by atoms with Crippen LogP contribution in [0.5, 0.6) is 0 Å². The Kier molecular flexibility index (Phi) is 5.01. The van der Waals surface area contributed by atoms with Gasteiger partial charge in [0.25, 0.3) is 0 Å². The molecule has 0 aliphatic heterocycles. The minimum absolute atomic E-state index is 0.0519. The van der Waals surface area contributed by atoms with Gasteiger partial charge in [-0.1, -0.05) is 13.3 Å². The molecule has 1 aromatic heterocycles. The summed E-state index contributed by atoms with van der Waals surface area (Å²) in [4.78, 5) is 2.90. The average molecular weight is 253 g/mol. The second kappa shape index (κ2) is 6.53. The molecule has 1 heterocycles. The highest BCUT2D eigenvalue weighted by Gasteiger charge is 2.19. The van der Waals surface area contributed by atoms with Crippen molar-refractivity contribution in [2.45, 2.75) is 51.7 Å². The Balaban J connectivity index is 1.68. The van der Waals surface area contributed by atoms with Crippen LogP contribution in [-0.4, -0.2) is 17.8 Å². The summed E-state index contributed by atoms with van der Waals surface area (Å²) < 4.78 is 0. The van der Waals surface area contributed by atoms with Gasteiger partial charge < -0.3 is 10.4 Å². The molecule has 0 radical (unpaired) electrons. The van der Waals surface area contributed by atoms with Gasteiger partial charge in [-0.05, 0) is 50.3 Å². The van der Waals surface area contributed by atoms with Crippen LogP contribution in [0.25, 0.3) is 0 Å². The van der Waals surface area contributed by atoms with E-state index in [2.05, 4.69) is 24.4 Å². The predicted octanol–water partition coefficient (Wildman–Crippen LogP) is 2.95. The lowest BCUT2D eigenvalue weighted by Crippen LogP contribution is -2.28. The molecule has 0 bridgehead atoms. The summed E-state index contributed by atoms with van der Waals surface area (Å²) in [7, 11) is 0. The van der Waals surface area contributed by atoms with E-state index < -0.39 is 0 Å². The molecule has 1 aliphatic rings. The summed E-state index contributed by atoms with van der Waals surface area (Å²) in [6.07, 6.45) is 5.53. The van der Waals surface area contributed by atoms with Crippen molar-refractivity contribution in [1.82, 2.24) is 5.32 Å². The summed E-state index contributed by atoms with van der Waals surface area (Å²) in [5.74, 6) is 0.671. The standard InChI is InChI=1S/C14H23NOS/c1-2-13-6-7-14(17-13)10-15-9-11-4-3-5-12(16)8-11/h6-7,11-12,15-16H,2-5,8-10H2,1H3. The van der Waals surface area contributed by atoms with Crippen molar-refractivity contribution in [2.24, 2.45) is 5.92 Å². The third-order valence-corrected chi connectivity index (χ3v) is 4.78. The van der Waals surface area contributed by atoms with E-state index >= 15 is 0 Å². The van der Waals surface area contributed by atoms with E-state index in [1.54, 1.807) is 0 Å². The molecule has 2 atom stereocenters. The zero-order valence-corrected chi connectivity index (χ0v) is 11.4. The highest BCUT2D eigenvalue weighted by molar-refractivity contribution is 7.11. The maximum absolute atomic E-state index is 9.61. The Hall–Kier alpha value is -0.380. The number of nitrogens with one attached hydrogen (secondary N) is 1. The number of aliphatic hydroxyl groups excluding tert-OH is 1. The number of hydrogen-bond acceptors (Lipinski definition) is 3. The second-order valence-electron chi connectivity index (χ2n) is 5.04. The first-order valence-electron chi connectivity index (χ1n) is 6.74. The minimum Gasteiger partial charge on any atom is -0.393 e. The van der Waals surface area contributed by atoms with Gasteiger partial charge >= 0.3 is 0 Å². The quantitative estimate of drug-likeness (QED) is 0.845. The van der Waals surface area contributed by atoms with Crippen molar-refractivity contribution in [2.75, 3.05) is 6.54 Å². The van der Waals surface area contributed by atoms with E-state index in [1.165, 1.54) is 22.6 Å². The number of aliphatic hydroxyl groups is 1. The highest BCUT2D eigenvalue weighted by atomic mass is 32.1. The van der Waals surface area contributed by atoms with Crippen LogP contribution >= 0.6 is 11.3 Å². The van der Waals surface area contributed by atoms with E-state index in [-0.39, 0.29) is 6.10 Å². The van der Waals surface area contributed by atoms with Crippen LogP contribution in [0.15, 0.2) is 12.1 Å². The second-order valence-corrected chi connectivity index (χ2v) is 6.29. The van der Waals surface area contributed by atoms with Gasteiger partial charge in [0.05, 0.1) is 6.10 Å². The fraction of sp³-hybridized carbons (Fsp3) is 0.714. The van der Waals surface area contributed by atoms with Crippen LogP contribution < -0.4 is 5.32 Å². The Morgan fingerprint density at radius 3 is 2.88 bits per heavy atom. The van der Waals surface area contributed by atoms with E-state index in [0.717, 1.165) is 32.4 Å². The molecule has 3 heteroatoms. The Bertz CT molecular complexity index is 337. The van der Waals surface area contributed by atoms with Crippen LogP contribution in [0.1, 0.15) is 42.4 Å². The average Bonchev–Trinajstić information content (AvgIpc) is 2.77. The molecule has 17 heavy (non-hydrogen) atoms. The lowest BCUT2D eigenvalue weighted by atomic mass is 9.87. The first-order chi connectivity index (χ1) is 8.28. The molecule has 0 aromatic carbocycles. The molecule has 0 saturated heterocycles. The molecule has 1 saturated carbocycles. The van der Waals surface area contributed by atoms with Crippen LogP contribution in [0, 0.1) is 5.92 Å². The smallest absolute Gasteiger partial charge is 0.0543 e. The van der Waals surface area contributed by atoms with Crippen molar-refractivity contribution in [3.63, 3.8) is 0 Å². The van der Waals surface area contributed by atoms with E-state index in [1.807, 2.05) is 11.3 Å². The summed E-state index contributed by atoms with van der Waals surface area (Å²) in [6, 6.07) is 4.46. The summed E-state index contributed by atoms with van der Waals surface area (Å²) in [5, 5.41) is 13.1. The molecule has 96 valence electrons. The van der Waals surface area contributed by atoms with Crippen molar-refractivity contribution in [1.29, 1.82) is 0 Å². The lowest BCUT2D eigenvalue weighted by molar-refractivity contribution is 0.101. The van der Waals surface area contributed by atoms with E-state index in [4.69, 9.17) is 0 Å². The van der Waals surface area contributed by atoms with Crippen molar-refractivity contribution < 1.29 is 5.11 Å². The van der Waals surface area contributed by atoms with Crippen LogP contribution in [0.2, 0.25) is 0 Å². The Morgan fingerprint density at radius 2 is 2.18 bits per heavy atom. The van der Waals surface area contributed by atoms with Crippen LogP contribution in [0.3, 0.4) is 0 Å². The largest absolute Gasteiger partial charge is 0.393 e. The fourth-order valence-electron chi connectivity index (χ4n) is 2.55. The van der Waals surface area contributed by atoms with Gasteiger partial charge in [0.2, 0.25) is 0 Å². The summed E-state index contributed by atoms with van der Waals surface area (Å²) >= 11 is 1.91. The van der Waals surface area contributed by atoms with Crippen molar-refractivity contribution >= 4 is 11.3 Å². The third-order valence-electron chi connectivity index (χ3n) is 3.55. The molecular weight excluding hydrogens is 230 g/mol. The molecule has 2 N–H and O–H groups in total. The van der Waals surface area contributed by atoms with Gasteiger partial charge in [-0.3, -0.25) is 0 Å². The maximum atomic E-state index is 9.61. The molecule has 2 unspecified atom stereocenters. The number of rotatable bonds is 5. The molecule has 1 fully saturated rings. The number of thiophene rings is 1. The van der Waals surface area contributed by atoms with Crippen LogP contribution in [0.4, 0.5) is 0 Å². The van der Waals surface area contributed by atoms with Crippen molar-refractivity contribution in [3.8, 4) is 0 Å². The maximum Gasteiger partial charge on any atom is 0.0543 e. The van der Waals surface area contributed by atoms with E-state index in [9.17, 15) is 5.11 Å². The van der Waals surface area contributed by atoms with Gasteiger partial charge in [-0.2, -0.15) is 0 Å². The Morgan fingerprint density at radius 1 is 1.35 bits per heavy atom.